The Labute approximate surface area is 258 Å². The molecule has 0 aliphatic heterocycles. The van der Waals surface area contributed by atoms with Crippen LogP contribution >= 0.6 is 28.7 Å². The number of methoxy groups -OCH3 is 2. The summed E-state index contributed by atoms with van der Waals surface area (Å²) in [4.78, 5) is 31.9. The number of hydrogen-bond acceptors (Lipinski definition) is 12. The number of esters is 2. The molecule has 0 bridgehead atoms. The molecule has 0 saturated carbocycles. The van der Waals surface area contributed by atoms with Crippen molar-refractivity contribution in [3.05, 3.63) is 71.4 Å². The molecule has 0 aliphatic carbocycles. The van der Waals surface area contributed by atoms with Gasteiger partial charge >= 0.3 is 36.7 Å². The first-order chi connectivity index (χ1) is 20.3. The van der Waals surface area contributed by atoms with E-state index in [2.05, 4.69) is 50.7 Å². The van der Waals surface area contributed by atoms with Gasteiger partial charge in [-0.25, -0.2) is 19.6 Å². The molecule has 4 rings (SSSR count). The fourth-order valence-electron chi connectivity index (χ4n) is 3.30. The summed E-state index contributed by atoms with van der Waals surface area (Å²) in [5.74, 6) is 1.54. The molecule has 42 heavy (non-hydrogen) atoms. The molecule has 2 heterocycles. The number of carbonyl (C=O) groups is 2. The second-order valence-corrected chi connectivity index (χ2v) is 8.67. The van der Waals surface area contributed by atoms with Gasteiger partial charge < -0.3 is 27.8 Å². The Morgan fingerprint density at radius 1 is 0.833 bits per heavy atom. The fourth-order valence-corrected chi connectivity index (χ4v) is 3.68. The molecule has 0 aliphatic rings. The zero-order valence-electron chi connectivity index (χ0n) is 23.8. The number of oxazole rings is 2. The van der Waals surface area contributed by atoms with E-state index in [1.165, 1.54) is 0 Å². The van der Waals surface area contributed by atoms with E-state index in [-0.39, 0.29) is 11.5 Å². The zero-order chi connectivity index (χ0) is 31.1. The van der Waals surface area contributed by atoms with Crippen LogP contribution in [0.15, 0.2) is 61.7 Å². The van der Waals surface area contributed by atoms with E-state index in [0.717, 1.165) is 22.6 Å². The molecular weight excluding hydrogens is 629 g/mol. The number of rotatable bonds is 9. The van der Waals surface area contributed by atoms with Gasteiger partial charge in [-0.1, -0.05) is 15.9 Å². The SMILES string of the molecule is CCOC(=O)c1oc(-c2ccc(OC)cc2)nc1C.CCOC(=O)c1oc(-c2ccc(OC)cc2)nc1CBr.[B]=NS. The van der Waals surface area contributed by atoms with Crippen molar-refractivity contribution in [2.45, 2.75) is 26.1 Å². The molecule has 4 aromatic rings. The molecule has 2 aromatic carbocycles. The van der Waals surface area contributed by atoms with Gasteiger partial charge in [0.15, 0.2) is 0 Å². The normalized spacial score (nSPS) is 9.86. The van der Waals surface area contributed by atoms with E-state index in [9.17, 15) is 9.59 Å². The van der Waals surface area contributed by atoms with Gasteiger partial charge in [0.1, 0.15) is 17.2 Å². The average Bonchev–Trinajstić information content (AvgIpc) is 3.62. The van der Waals surface area contributed by atoms with Gasteiger partial charge in [0.25, 0.3) is 0 Å². The van der Waals surface area contributed by atoms with E-state index < -0.39 is 11.9 Å². The summed E-state index contributed by atoms with van der Waals surface area (Å²) in [7, 11) is 7.54. The van der Waals surface area contributed by atoms with Crippen LogP contribution in [-0.4, -0.2) is 57.0 Å². The molecule has 0 unspecified atom stereocenters. The number of alkyl halides is 1. The van der Waals surface area contributed by atoms with Crippen LogP contribution in [0.5, 0.6) is 11.5 Å². The first kappa shape index (κ1) is 34.3. The van der Waals surface area contributed by atoms with Gasteiger partial charge in [-0.3, -0.25) is 0 Å². The van der Waals surface area contributed by atoms with Gasteiger partial charge in [-0.2, -0.15) is 0 Å². The minimum atomic E-state index is -0.505. The first-order valence-electron chi connectivity index (χ1n) is 12.5. The van der Waals surface area contributed by atoms with Crippen LogP contribution in [0.25, 0.3) is 22.9 Å². The Morgan fingerprint density at radius 2 is 1.24 bits per heavy atom. The fraction of sp³-hybridized carbons (Fsp3) is 0.286. The quantitative estimate of drug-likeness (QED) is 0.0926. The molecule has 11 nitrogen and oxygen atoms in total. The van der Waals surface area contributed by atoms with Crippen molar-refractivity contribution in [2.24, 2.45) is 4.30 Å². The van der Waals surface area contributed by atoms with Gasteiger partial charge in [-0.05, 0) is 69.3 Å². The monoisotopic (exact) mass is 658 g/mol. The van der Waals surface area contributed by atoms with E-state index >= 15 is 0 Å². The van der Waals surface area contributed by atoms with Gasteiger partial charge in [0.05, 0.1) is 33.1 Å². The number of ether oxygens (including phenoxy) is 4. The number of carbonyl (C=O) groups excluding carboxylic acids is 2. The average molecular weight is 659 g/mol. The number of nitrogens with zero attached hydrogens (tertiary/aromatic N) is 3. The molecule has 14 heteroatoms. The van der Waals surface area contributed by atoms with Crippen molar-refractivity contribution < 1.29 is 37.4 Å². The summed E-state index contributed by atoms with van der Waals surface area (Å²) >= 11 is 6.48. The van der Waals surface area contributed by atoms with Crippen LogP contribution in [-0.2, 0) is 14.8 Å². The van der Waals surface area contributed by atoms with Crippen LogP contribution in [0, 0.1) is 6.92 Å². The van der Waals surface area contributed by atoms with Crippen molar-refractivity contribution in [2.75, 3.05) is 27.4 Å². The van der Waals surface area contributed by atoms with E-state index in [0.29, 0.717) is 41.7 Å². The molecule has 0 atom stereocenters. The molecule has 0 amide bonds. The Morgan fingerprint density at radius 3 is 1.64 bits per heavy atom. The van der Waals surface area contributed by atoms with Gasteiger partial charge in [-0.15, -0.1) is 0 Å². The van der Waals surface area contributed by atoms with Crippen molar-refractivity contribution in [1.82, 2.24) is 9.97 Å². The number of hydrogen-bond donors (Lipinski definition) is 1. The number of benzene rings is 2. The van der Waals surface area contributed by atoms with Crippen LogP contribution in [0.4, 0.5) is 0 Å². The standard InChI is InChI=1S/C14H14BrNO4.C14H15NO4.BHNS/c1-3-19-14(17)12-11(8-15)16-13(20-12)9-4-6-10(18-2)7-5-9;1-4-18-14(16)12-9(2)15-13(19-12)10-5-7-11(17-3)8-6-10;1-2-3/h4-7H,3,8H2,1-2H3;5-8H,4H2,1-3H3;3H. The summed E-state index contributed by atoms with van der Waals surface area (Å²) in [5.41, 5.74) is 2.58. The Hall–Kier alpha value is -3.91. The molecule has 0 spiro atoms. The maximum atomic E-state index is 11.8. The molecule has 2 aromatic heterocycles. The summed E-state index contributed by atoms with van der Waals surface area (Å²) in [6.45, 7) is 5.79. The van der Waals surface area contributed by atoms with E-state index in [1.807, 2.05) is 24.3 Å². The molecule has 0 fully saturated rings. The second-order valence-electron chi connectivity index (χ2n) is 7.88. The topological polar surface area (TPSA) is 135 Å². The second kappa shape index (κ2) is 17.8. The van der Waals surface area contributed by atoms with Crippen LogP contribution in [0.1, 0.15) is 46.3 Å². The Kier molecular flexibility index (Phi) is 14.5. The van der Waals surface area contributed by atoms with Gasteiger partial charge in [0, 0.05) is 16.5 Å². The van der Waals surface area contributed by atoms with Crippen LogP contribution < -0.4 is 9.47 Å². The Balaban J connectivity index is 0.000000269. The third-order valence-corrected chi connectivity index (χ3v) is 5.75. The van der Waals surface area contributed by atoms with E-state index in [4.69, 9.17) is 27.8 Å². The number of thiol groups is 1. The summed E-state index contributed by atoms with van der Waals surface area (Å²) in [6, 6.07) is 14.5. The predicted molar refractivity (Wildman–Crippen MR) is 163 cm³/mol. The molecular formula is C28H30BBrN3O8S. The first-order valence-corrected chi connectivity index (χ1v) is 14.0. The van der Waals surface area contributed by atoms with Gasteiger partial charge in [0.2, 0.25) is 23.3 Å². The van der Waals surface area contributed by atoms with Crippen molar-refractivity contribution >= 4 is 48.3 Å². The molecule has 0 N–H and O–H groups in total. The third kappa shape index (κ3) is 9.59. The molecule has 1 radical (unpaired) electrons. The van der Waals surface area contributed by atoms with Crippen molar-refractivity contribution in [3.63, 3.8) is 0 Å². The van der Waals surface area contributed by atoms with Crippen LogP contribution in [0.2, 0.25) is 0 Å². The molecule has 221 valence electrons. The summed E-state index contributed by atoms with van der Waals surface area (Å²) in [6.07, 6.45) is 0. The van der Waals surface area contributed by atoms with Crippen molar-refractivity contribution in [3.8, 4) is 34.4 Å². The minimum absolute atomic E-state index is 0.134. The third-order valence-electron chi connectivity index (χ3n) is 5.22. The van der Waals surface area contributed by atoms with E-state index in [1.54, 1.807) is 59.3 Å². The number of halogens is 1. The molecule has 0 saturated heterocycles. The zero-order valence-corrected chi connectivity index (χ0v) is 26.2. The maximum absolute atomic E-state index is 11.8. The van der Waals surface area contributed by atoms with Crippen molar-refractivity contribution in [1.29, 1.82) is 0 Å². The van der Waals surface area contributed by atoms with Crippen LogP contribution in [0.3, 0.4) is 0 Å². The Bertz CT molecular complexity index is 1440. The summed E-state index contributed by atoms with van der Waals surface area (Å²) in [5, 5.41) is 0.417. The summed E-state index contributed by atoms with van der Waals surface area (Å²) < 4.78 is 33.7. The predicted octanol–water partition coefficient (Wildman–Crippen LogP) is 6.44. The number of aryl methyl sites for hydroxylation is 1. The number of aromatic nitrogens is 2.